The molecule has 2 rings (SSSR count). The second-order valence-electron chi connectivity index (χ2n) is 5.39. The van der Waals surface area contributed by atoms with Crippen LogP contribution in [0.4, 0.5) is 5.69 Å². The Morgan fingerprint density at radius 1 is 1.21 bits per heavy atom. The molecule has 0 aliphatic heterocycles. The number of anilines is 1. The molecule has 5 nitrogen and oxygen atoms in total. The molecule has 0 amide bonds. The third-order valence-electron chi connectivity index (χ3n) is 3.77. The van der Waals surface area contributed by atoms with Gasteiger partial charge < -0.3 is 15.2 Å². The van der Waals surface area contributed by atoms with Crippen LogP contribution in [0.5, 0.6) is 11.5 Å². The Kier molecular flexibility index (Phi) is 5.76. The lowest BCUT2D eigenvalue weighted by atomic mass is 10.1. The van der Waals surface area contributed by atoms with Gasteiger partial charge in [-0.1, -0.05) is 12.1 Å². The third kappa shape index (κ3) is 4.23. The standard InChI is InChI=1S/C18H21N3O2S/c1-11-6-5-7-16(12(11)2)19-18(24)21-20-13(3)15-9-8-14(23-4)10-17(15)22/h5-10,22H,1-4H3,(H2,19,21,24)/b20-13+. The summed E-state index contributed by atoms with van der Waals surface area (Å²) in [5, 5.41) is 17.8. The number of hydrazone groups is 1. The molecule has 0 aliphatic rings. The van der Waals surface area contributed by atoms with Gasteiger partial charge in [0.05, 0.1) is 12.8 Å². The lowest BCUT2D eigenvalue weighted by Gasteiger charge is -2.12. The Morgan fingerprint density at radius 3 is 2.62 bits per heavy atom. The first kappa shape index (κ1) is 17.7. The number of benzene rings is 2. The minimum absolute atomic E-state index is 0.103. The molecule has 3 N–H and O–H groups in total. The normalized spacial score (nSPS) is 11.1. The molecule has 0 unspecified atom stereocenters. The largest absolute Gasteiger partial charge is 0.507 e. The van der Waals surface area contributed by atoms with Crippen LogP contribution in [0.1, 0.15) is 23.6 Å². The molecule has 0 fully saturated rings. The van der Waals surface area contributed by atoms with E-state index in [4.69, 9.17) is 17.0 Å². The van der Waals surface area contributed by atoms with Crippen LogP contribution in [0, 0.1) is 13.8 Å². The highest BCUT2D eigenvalue weighted by atomic mass is 32.1. The number of methoxy groups -OCH3 is 1. The van der Waals surface area contributed by atoms with Crippen molar-refractivity contribution >= 4 is 28.7 Å². The van der Waals surface area contributed by atoms with Crippen LogP contribution in [0.3, 0.4) is 0 Å². The number of aromatic hydroxyl groups is 1. The minimum atomic E-state index is 0.103. The van der Waals surface area contributed by atoms with Crippen LogP contribution >= 0.6 is 12.2 Å². The predicted molar refractivity (Wildman–Crippen MR) is 102 cm³/mol. The highest BCUT2D eigenvalue weighted by Crippen LogP contribution is 2.24. The van der Waals surface area contributed by atoms with Crippen molar-refractivity contribution < 1.29 is 9.84 Å². The van der Waals surface area contributed by atoms with Gasteiger partial charge in [0, 0.05) is 17.3 Å². The van der Waals surface area contributed by atoms with Crippen molar-refractivity contribution in [1.29, 1.82) is 0 Å². The lowest BCUT2D eigenvalue weighted by molar-refractivity contribution is 0.407. The topological polar surface area (TPSA) is 65.9 Å². The molecule has 126 valence electrons. The number of ether oxygens (including phenoxy) is 1. The van der Waals surface area contributed by atoms with Gasteiger partial charge in [-0.05, 0) is 62.3 Å². The van der Waals surface area contributed by atoms with Crippen molar-refractivity contribution in [1.82, 2.24) is 5.43 Å². The van der Waals surface area contributed by atoms with Crippen molar-refractivity contribution in [3.8, 4) is 11.5 Å². The van der Waals surface area contributed by atoms with E-state index in [0.717, 1.165) is 11.3 Å². The van der Waals surface area contributed by atoms with E-state index >= 15 is 0 Å². The molecule has 0 heterocycles. The van der Waals surface area contributed by atoms with E-state index in [1.807, 2.05) is 32.0 Å². The molecule has 2 aromatic carbocycles. The zero-order valence-corrected chi connectivity index (χ0v) is 15.0. The SMILES string of the molecule is COc1ccc(/C(C)=N/NC(=S)Nc2cccc(C)c2C)c(O)c1. The summed E-state index contributed by atoms with van der Waals surface area (Å²) in [5.41, 5.74) is 7.28. The summed E-state index contributed by atoms with van der Waals surface area (Å²) in [4.78, 5) is 0. The molecule has 0 spiro atoms. The van der Waals surface area contributed by atoms with Crippen LogP contribution in [-0.2, 0) is 0 Å². The smallest absolute Gasteiger partial charge is 0.191 e. The summed E-state index contributed by atoms with van der Waals surface area (Å²) in [6, 6.07) is 11.0. The van der Waals surface area contributed by atoms with Gasteiger partial charge in [-0.15, -0.1) is 0 Å². The van der Waals surface area contributed by atoms with Crippen molar-refractivity contribution in [2.75, 3.05) is 12.4 Å². The molecule has 0 saturated carbocycles. The van der Waals surface area contributed by atoms with Gasteiger partial charge in [0.1, 0.15) is 11.5 Å². The number of hydrogen-bond donors (Lipinski definition) is 3. The molecule has 0 saturated heterocycles. The van der Waals surface area contributed by atoms with E-state index in [-0.39, 0.29) is 5.75 Å². The molecule has 0 aromatic heterocycles. The van der Waals surface area contributed by atoms with Crippen LogP contribution in [0.15, 0.2) is 41.5 Å². The van der Waals surface area contributed by atoms with Gasteiger partial charge >= 0.3 is 0 Å². The van der Waals surface area contributed by atoms with Crippen LogP contribution in [0.2, 0.25) is 0 Å². The third-order valence-corrected chi connectivity index (χ3v) is 3.97. The first-order chi connectivity index (χ1) is 11.4. The molecule has 0 radical (unpaired) electrons. The average molecular weight is 343 g/mol. The van der Waals surface area contributed by atoms with Crippen molar-refractivity contribution in [2.24, 2.45) is 5.10 Å². The predicted octanol–water partition coefficient (Wildman–Crippen LogP) is 3.73. The van der Waals surface area contributed by atoms with E-state index < -0.39 is 0 Å². The molecule has 0 atom stereocenters. The summed E-state index contributed by atoms with van der Waals surface area (Å²) in [5.74, 6) is 0.690. The fourth-order valence-corrected chi connectivity index (χ4v) is 2.33. The van der Waals surface area contributed by atoms with Crippen molar-refractivity contribution in [3.63, 3.8) is 0 Å². The fraction of sp³-hybridized carbons (Fsp3) is 0.222. The zero-order chi connectivity index (χ0) is 17.7. The fourth-order valence-electron chi connectivity index (χ4n) is 2.18. The minimum Gasteiger partial charge on any atom is -0.507 e. The van der Waals surface area contributed by atoms with Gasteiger partial charge in [0.25, 0.3) is 0 Å². The molecule has 0 aliphatic carbocycles. The van der Waals surface area contributed by atoms with Crippen LogP contribution < -0.4 is 15.5 Å². The van der Waals surface area contributed by atoms with Gasteiger partial charge in [0.2, 0.25) is 0 Å². The van der Waals surface area contributed by atoms with E-state index in [2.05, 4.69) is 15.8 Å². The number of hydrogen-bond acceptors (Lipinski definition) is 4. The number of aryl methyl sites for hydroxylation is 1. The van der Waals surface area contributed by atoms with E-state index in [1.54, 1.807) is 32.2 Å². The number of nitrogens with zero attached hydrogens (tertiary/aromatic N) is 1. The summed E-state index contributed by atoms with van der Waals surface area (Å²) in [6.45, 7) is 5.87. The zero-order valence-electron chi connectivity index (χ0n) is 14.2. The second kappa shape index (κ2) is 7.79. The molecule has 2 aromatic rings. The molecule has 0 bridgehead atoms. The van der Waals surface area contributed by atoms with Gasteiger partial charge in [-0.25, -0.2) is 0 Å². The number of thiocarbonyl (C=S) groups is 1. The summed E-state index contributed by atoms with van der Waals surface area (Å²) >= 11 is 5.27. The van der Waals surface area contributed by atoms with Gasteiger partial charge in [-0.2, -0.15) is 5.10 Å². The molecule has 24 heavy (non-hydrogen) atoms. The molecular formula is C18H21N3O2S. The molecule has 6 heteroatoms. The number of nitrogens with one attached hydrogen (secondary N) is 2. The average Bonchev–Trinajstić information content (AvgIpc) is 2.56. The van der Waals surface area contributed by atoms with Gasteiger partial charge in [-0.3, -0.25) is 5.43 Å². The van der Waals surface area contributed by atoms with Crippen molar-refractivity contribution in [3.05, 3.63) is 53.1 Å². The van der Waals surface area contributed by atoms with Crippen molar-refractivity contribution in [2.45, 2.75) is 20.8 Å². The summed E-state index contributed by atoms with van der Waals surface area (Å²) < 4.78 is 5.07. The number of rotatable bonds is 4. The number of phenolic OH excluding ortho intramolecular Hbond substituents is 1. The maximum absolute atomic E-state index is 10.0. The lowest BCUT2D eigenvalue weighted by Crippen LogP contribution is -2.25. The van der Waals surface area contributed by atoms with E-state index in [9.17, 15) is 5.11 Å². The quantitative estimate of drug-likeness (QED) is 0.448. The Labute approximate surface area is 147 Å². The number of phenols is 1. The van der Waals surface area contributed by atoms with E-state index in [1.165, 1.54) is 5.56 Å². The maximum atomic E-state index is 10.0. The maximum Gasteiger partial charge on any atom is 0.191 e. The Hall–Kier alpha value is -2.60. The Balaban J connectivity index is 2.06. The molecular weight excluding hydrogens is 322 g/mol. The Bertz CT molecular complexity index is 788. The highest BCUT2D eigenvalue weighted by Gasteiger charge is 2.07. The first-order valence-corrected chi connectivity index (χ1v) is 7.88. The summed E-state index contributed by atoms with van der Waals surface area (Å²) in [6.07, 6.45) is 0. The Morgan fingerprint density at radius 2 is 1.96 bits per heavy atom. The van der Waals surface area contributed by atoms with Crippen LogP contribution in [0.25, 0.3) is 0 Å². The second-order valence-corrected chi connectivity index (χ2v) is 5.80. The first-order valence-electron chi connectivity index (χ1n) is 7.47. The highest BCUT2D eigenvalue weighted by molar-refractivity contribution is 7.80. The van der Waals surface area contributed by atoms with Crippen LogP contribution in [-0.4, -0.2) is 23.0 Å². The monoisotopic (exact) mass is 343 g/mol. The van der Waals surface area contributed by atoms with Gasteiger partial charge in [0.15, 0.2) is 5.11 Å². The van der Waals surface area contributed by atoms with E-state index in [0.29, 0.717) is 22.1 Å². The summed E-state index contributed by atoms with van der Waals surface area (Å²) in [7, 11) is 1.55.